The quantitative estimate of drug-likeness (QED) is 0.551. The van der Waals surface area contributed by atoms with Crippen LogP contribution in [0.3, 0.4) is 0 Å². The molecule has 0 unspecified atom stereocenters. The predicted molar refractivity (Wildman–Crippen MR) is 90.4 cm³/mol. The summed E-state index contributed by atoms with van der Waals surface area (Å²) in [6.07, 6.45) is 0.464. The van der Waals surface area contributed by atoms with Gasteiger partial charge in [-0.1, -0.05) is 12.1 Å². The largest absolute Gasteiger partial charge is 0.494 e. The highest BCUT2D eigenvalue weighted by Crippen LogP contribution is 2.18. The van der Waals surface area contributed by atoms with Gasteiger partial charge in [-0.05, 0) is 36.8 Å². The Morgan fingerprint density at radius 2 is 2.04 bits per heavy atom. The number of methoxy groups -OCH3 is 1. The number of esters is 1. The summed E-state index contributed by atoms with van der Waals surface area (Å²) in [5.74, 6) is -1.18. The zero-order valence-electron chi connectivity index (χ0n) is 13.6. The van der Waals surface area contributed by atoms with Gasteiger partial charge in [-0.15, -0.1) is 0 Å². The summed E-state index contributed by atoms with van der Waals surface area (Å²) in [4.78, 5) is 26.6. The standard InChI is InChI=1S/C18H17FN2O4/c1-24-16-8-7-12(11-13(16)19)17(22)25-10-4-9-21-15-6-3-2-5-14(15)20-18(21)23/h2-3,5-8,11H,4,9-10H2,1H3,(H,20,23). The van der Waals surface area contributed by atoms with Gasteiger partial charge < -0.3 is 14.5 Å². The predicted octanol–water partition coefficient (Wildman–Crippen LogP) is 2.72. The minimum atomic E-state index is -0.623. The van der Waals surface area contributed by atoms with Gasteiger partial charge in [0.2, 0.25) is 0 Å². The summed E-state index contributed by atoms with van der Waals surface area (Å²) in [6.45, 7) is 0.533. The van der Waals surface area contributed by atoms with Gasteiger partial charge in [0.25, 0.3) is 0 Å². The van der Waals surface area contributed by atoms with Gasteiger partial charge in [-0.3, -0.25) is 4.57 Å². The smallest absolute Gasteiger partial charge is 0.338 e. The Balaban J connectivity index is 1.58. The van der Waals surface area contributed by atoms with Crippen LogP contribution in [0.4, 0.5) is 4.39 Å². The Hall–Kier alpha value is -3.09. The van der Waals surface area contributed by atoms with E-state index in [9.17, 15) is 14.0 Å². The van der Waals surface area contributed by atoms with Crippen molar-refractivity contribution in [3.63, 3.8) is 0 Å². The van der Waals surface area contributed by atoms with E-state index in [4.69, 9.17) is 9.47 Å². The molecular weight excluding hydrogens is 327 g/mol. The van der Waals surface area contributed by atoms with Crippen molar-refractivity contribution in [2.45, 2.75) is 13.0 Å². The van der Waals surface area contributed by atoms with Crippen LogP contribution in [-0.2, 0) is 11.3 Å². The van der Waals surface area contributed by atoms with E-state index < -0.39 is 11.8 Å². The van der Waals surface area contributed by atoms with Crippen molar-refractivity contribution in [2.24, 2.45) is 0 Å². The summed E-state index contributed by atoms with van der Waals surface area (Å²) >= 11 is 0. The molecule has 0 amide bonds. The van der Waals surface area contributed by atoms with Crippen LogP contribution in [0.1, 0.15) is 16.8 Å². The van der Waals surface area contributed by atoms with Crippen molar-refractivity contribution in [3.05, 3.63) is 64.3 Å². The average molecular weight is 344 g/mol. The van der Waals surface area contributed by atoms with E-state index in [2.05, 4.69) is 4.98 Å². The third-order valence-corrected chi connectivity index (χ3v) is 3.83. The molecule has 130 valence electrons. The summed E-state index contributed by atoms with van der Waals surface area (Å²) in [6, 6.07) is 11.3. The van der Waals surface area contributed by atoms with Crippen LogP contribution in [0.5, 0.6) is 5.75 Å². The average Bonchev–Trinajstić information content (AvgIpc) is 2.93. The molecule has 0 bridgehead atoms. The van der Waals surface area contributed by atoms with Crippen LogP contribution in [0, 0.1) is 5.82 Å². The van der Waals surface area contributed by atoms with Crippen LogP contribution in [-0.4, -0.2) is 29.2 Å². The lowest BCUT2D eigenvalue weighted by Gasteiger charge is -2.07. The molecule has 0 aliphatic heterocycles. The molecule has 6 nitrogen and oxygen atoms in total. The molecule has 0 saturated carbocycles. The maximum Gasteiger partial charge on any atom is 0.338 e. The summed E-state index contributed by atoms with van der Waals surface area (Å²) in [5.41, 5.74) is 1.47. The van der Waals surface area contributed by atoms with Gasteiger partial charge in [0.05, 0.1) is 30.3 Å². The van der Waals surface area contributed by atoms with Crippen LogP contribution < -0.4 is 10.4 Å². The first-order valence-electron chi connectivity index (χ1n) is 7.78. The number of para-hydroxylation sites is 2. The number of imidazole rings is 1. The molecular formula is C18H17FN2O4. The van der Waals surface area contributed by atoms with E-state index in [1.54, 1.807) is 4.57 Å². The normalized spacial score (nSPS) is 10.8. The van der Waals surface area contributed by atoms with Crippen molar-refractivity contribution in [1.29, 1.82) is 0 Å². The lowest BCUT2D eigenvalue weighted by atomic mass is 10.2. The van der Waals surface area contributed by atoms with E-state index in [-0.39, 0.29) is 23.6 Å². The molecule has 0 aliphatic rings. The van der Waals surface area contributed by atoms with E-state index in [0.29, 0.717) is 13.0 Å². The number of benzene rings is 2. The highest BCUT2D eigenvalue weighted by molar-refractivity contribution is 5.89. The molecule has 0 radical (unpaired) electrons. The van der Waals surface area contributed by atoms with Gasteiger partial charge in [0.1, 0.15) is 0 Å². The number of nitrogens with one attached hydrogen (secondary N) is 1. The number of hydrogen-bond donors (Lipinski definition) is 1. The molecule has 2 aromatic carbocycles. The van der Waals surface area contributed by atoms with E-state index in [1.807, 2.05) is 24.3 Å². The molecule has 7 heteroatoms. The van der Waals surface area contributed by atoms with Crippen molar-refractivity contribution in [2.75, 3.05) is 13.7 Å². The fraction of sp³-hybridized carbons (Fsp3) is 0.222. The highest BCUT2D eigenvalue weighted by atomic mass is 19.1. The monoisotopic (exact) mass is 344 g/mol. The molecule has 25 heavy (non-hydrogen) atoms. The van der Waals surface area contributed by atoms with Gasteiger partial charge in [0.15, 0.2) is 11.6 Å². The van der Waals surface area contributed by atoms with Crippen LogP contribution in [0.2, 0.25) is 0 Å². The third-order valence-electron chi connectivity index (χ3n) is 3.83. The number of halogens is 1. The van der Waals surface area contributed by atoms with Gasteiger partial charge in [-0.25, -0.2) is 14.0 Å². The van der Waals surface area contributed by atoms with Gasteiger partial charge in [-0.2, -0.15) is 0 Å². The Morgan fingerprint density at radius 3 is 2.80 bits per heavy atom. The van der Waals surface area contributed by atoms with Gasteiger partial charge in [0, 0.05) is 6.54 Å². The highest BCUT2D eigenvalue weighted by Gasteiger charge is 2.11. The second-order valence-electron chi connectivity index (χ2n) is 5.44. The Bertz CT molecular complexity index is 961. The number of carbonyl (C=O) groups excluding carboxylic acids is 1. The lowest BCUT2D eigenvalue weighted by Crippen LogP contribution is -2.18. The number of hydrogen-bond acceptors (Lipinski definition) is 4. The molecule has 1 aromatic heterocycles. The SMILES string of the molecule is COc1ccc(C(=O)OCCCn2c(=O)[nH]c3ccccc32)cc1F. The third kappa shape index (κ3) is 3.55. The second-order valence-corrected chi connectivity index (χ2v) is 5.44. The molecule has 3 rings (SSSR count). The number of aromatic nitrogens is 2. The summed E-state index contributed by atoms with van der Waals surface area (Å²) in [5, 5.41) is 0. The number of carbonyl (C=O) groups is 1. The number of fused-ring (bicyclic) bond motifs is 1. The number of H-pyrrole nitrogens is 1. The molecule has 0 fully saturated rings. The zero-order valence-corrected chi connectivity index (χ0v) is 13.6. The number of rotatable bonds is 6. The topological polar surface area (TPSA) is 73.3 Å². The maximum absolute atomic E-state index is 13.6. The van der Waals surface area contributed by atoms with Crippen molar-refractivity contribution >= 4 is 17.0 Å². The molecule has 1 N–H and O–H groups in total. The lowest BCUT2D eigenvalue weighted by molar-refractivity contribution is 0.0495. The van der Waals surface area contributed by atoms with Gasteiger partial charge >= 0.3 is 11.7 Å². The number of nitrogens with zero attached hydrogens (tertiary/aromatic N) is 1. The van der Waals surface area contributed by atoms with Crippen LogP contribution in [0.15, 0.2) is 47.3 Å². The molecule has 0 atom stereocenters. The van der Waals surface area contributed by atoms with Crippen LogP contribution >= 0.6 is 0 Å². The Labute approximate surface area is 142 Å². The van der Waals surface area contributed by atoms with E-state index in [1.165, 1.54) is 19.2 Å². The van der Waals surface area contributed by atoms with E-state index >= 15 is 0 Å². The number of aryl methyl sites for hydroxylation is 1. The first kappa shape index (κ1) is 16.8. The molecule has 0 aliphatic carbocycles. The fourth-order valence-corrected chi connectivity index (χ4v) is 2.59. The molecule has 0 saturated heterocycles. The zero-order chi connectivity index (χ0) is 17.8. The van der Waals surface area contributed by atoms with Crippen molar-refractivity contribution in [1.82, 2.24) is 9.55 Å². The van der Waals surface area contributed by atoms with Crippen LogP contribution in [0.25, 0.3) is 11.0 Å². The fourth-order valence-electron chi connectivity index (χ4n) is 2.59. The van der Waals surface area contributed by atoms with Crippen molar-refractivity contribution < 1.29 is 18.7 Å². The second kappa shape index (κ2) is 7.21. The minimum Gasteiger partial charge on any atom is -0.494 e. The maximum atomic E-state index is 13.6. The Morgan fingerprint density at radius 1 is 1.24 bits per heavy atom. The Kier molecular flexibility index (Phi) is 4.83. The number of ether oxygens (including phenoxy) is 2. The molecule has 1 heterocycles. The summed E-state index contributed by atoms with van der Waals surface area (Å²) < 4.78 is 25.1. The molecule has 3 aromatic rings. The first-order chi connectivity index (χ1) is 12.1. The van der Waals surface area contributed by atoms with Crippen molar-refractivity contribution in [3.8, 4) is 5.75 Å². The van der Waals surface area contributed by atoms with E-state index in [0.717, 1.165) is 17.1 Å². The summed E-state index contributed by atoms with van der Waals surface area (Å²) in [7, 11) is 1.35. The first-order valence-corrected chi connectivity index (χ1v) is 7.78. The minimum absolute atomic E-state index is 0.0651. The molecule has 0 spiro atoms. The number of aromatic amines is 1.